The van der Waals surface area contributed by atoms with Gasteiger partial charge in [0.05, 0.1) is 0 Å². The van der Waals surface area contributed by atoms with Crippen LogP contribution < -0.4 is 4.74 Å². The number of benzene rings is 1. The summed E-state index contributed by atoms with van der Waals surface area (Å²) in [6, 6.07) is 0. The Hall–Kier alpha value is -2.68. The van der Waals surface area contributed by atoms with Crippen molar-refractivity contribution in [3.8, 4) is 5.75 Å². The van der Waals surface area contributed by atoms with E-state index in [-0.39, 0.29) is 0 Å². The third kappa shape index (κ3) is 5.03. The maximum atomic E-state index is 13.9. The molecule has 0 aromatic heterocycles. The Kier molecular flexibility index (Phi) is 8.84. The van der Waals surface area contributed by atoms with E-state index in [0.29, 0.717) is 0 Å². The Labute approximate surface area is 217 Å². The minimum Gasteiger partial charge on any atom is -0.423 e. The van der Waals surface area contributed by atoms with Gasteiger partial charge in [0.25, 0.3) is 0 Å². The maximum Gasteiger partial charge on any atom is 0.471 e. The van der Waals surface area contributed by atoms with Gasteiger partial charge in [-0.2, -0.15) is 96.2 Å². The highest BCUT2D eigenvalue weighted by Gasteiger charge is 2.97. The highest BCUT2D eigenvalue weighted by molar-refractivity contribution is 7.86. The van der Waals surface area contributed by atoms with Crippen molar-refractivity contribution in [1.29, 1.82) is 0 Å². The first-order valence-electron chi connectivity index (χ1n) is 8.97. The van der Waals surface area contributed by atoms with Gasteiger partial charge in [-0.25, -0.2) is 13.2 Å². The molecule has 0 saturated heterocycles. The molecule has 1 N–H and O–H groups in total. The quantitative estimate of drug-likeness (QED) is 0.118. The van der Waals surface area contributed by atoms with Gasteiger partial charge in [0.1, 0.15) is 0 Å². The van der Waals surface area contributed by atoms with E-state index in [2.05, 4.69) is 4.74 Å². The molecule has 28 heteroatoms. The van der Waals surface area contributed by atoms with Gasteiger partial charge in [-0.3, -0.25) is 4.55 Å². The molecular weight excluding hydrogens is 713 g/mol. The Morgan fingerprint density at radius 1 is 0.442 bits per heavy atom. The van der Waals surface area contributed by atoms with Crippen LogP contribution in [0.25, 0.3) is 0 Å². The highest BCUT2D eigenvalue weighted by Crippen LogP contribution is 2.65. The molecule has 1 rings (SSSR count). The third-order valence-corrected chi connectivity index (χ3v) is 5.64. The molecule has 0 saturated carbocycles. The zero-order valence-corrected chi connectivity index (χ0v) is 19.1. The number of alkyl halides is 19. The van der Waals surface area contributed by atoms with Crippen LogP contribution in [0.4, 0.5) is 101 Å². The first kappa shape index (κ1) is 38.3. The standard InChI is InChI=1S/C15HF23O4S/c16-1-2(17)4(19)6(43(39,40)41)5(3(1)18)42-15(37,38)13(32,33)11(28,29)9(24,25)7(20,21)8(22,23)10(26,27)12(30,31)14(34,35)36/h(H,39,40,41). The molecule has 0 aliphatic heterocycles. The van der Waals surface area contributed by atoms with Crippen LogP contribution in [0, 0.1) is 23.3 Å². The van der Waals surface area contributed by atoms with E-state index in [4.69, 9.17) is 4.55 Å². The maximum absolute atomic E-state index is 13.9. The van der Waals surface area contributed by atoms with Crippen LogP contribution in [-0.2, 0) is 10.1 Å². The van der Waals surface area contributed by atoms with Gasteiger partial charge in [-0.1, -0.05) is 0 Å². The van der Waals surface area contributed by atoms with Crippen molar-refractivity contribution in [2.45, 2.75) is 58.6 Å². The molecule has 0 spiro atoms. The first-order valence-corrected chi connectivity index (χ1v) is 10.4. The van der Waals surface area contributed by atoms with Gasteiger partial charge < -0.3 is 4.74 Å². The Bertz CT molecular complexity index is 1360. The predicted molar refractivity (Wildman–Crippen MR) is 82.3 cm³/mol. The lowest BCUT2D eigenvalue weighted by Crippen LogP contribution is -2.76. The van der Waals surface area contributed by atoms with Crippen molar-refractivity contribution >= 4 is 10.1 Å². The van der Waals surface area contributed by atoms with E-state index in [9.17, 15) is 109 Å². The largest absolute Gasteiger partial charge is 0.471 e. The molecule has 1 aromatic carbocycles. The van der Waals surface area contributed by atoms with Gasteiger partial charge in [0, 0.05) is 0 Å². The SMILES string of the molecule is O=S(=O)(O)c1c(F)c(F)c(F)c(F)c1OC(F)(F)C(F)(F)C(F)(F)C(F)(F)C(F)(F)C(F)(F)C(F)(F)C(F)(F)C(F)(F)F. The third-order valence-electron chi connectivity index (χ3n) is 4.76. The number of ether oxygens (including phenoxy) is 1. The van der Waals surface area contributed by atoms with E-state index >= 15 is 0 Å². The smallest absolute Gasteiger partial charge is 0.423 e. The molecule has 0 aliphatic carbocycles. The lowest BCUT2D eigenvalue weighted by molar-refractivity contribution is -0.476. The van der Waals surface area contributed by atoms with Crippen molar-refractivity contribution in [2.24, 2.45) is 0 Å². The van der Waals surface area contributed by atoms with E-state index < -0.39 is 97.8 Å². The zero-order valence-electron chi connectivity index (χ0n) is 18.3. The second-order valence-corrected chi connectivity index (χ2v) is 8.88. The van der Waals surface area contributed by atoms with Gasteiger partial charge in [-0.05, 0) is 0 Å². The predicted octanol–water partition coefficient (Wildman–Crippen LogP) is 7.47. The molecule has 0 amide bonds. The van der Waals surface area contributed by atoms with E-state index in [1.807, 2.05) is 0 Å². The van der Waals surface area contributed by atoms with Crippen LogP contribution in [0.2, 0.25) is 0 Å². The average molecular weight is 714 g/mol. The summed E-state index contributed by atoms with van der Waals surface area (Å²) in [5.74, 6) is -82.0. The molecular formula is C15HF23O4S. The molecule has 0 fully saturated rings. The second kappa shape index (κ2) is 9.91. The monoisotopic (exact) mass is 714 g/mol. The molecule has 252 valence electrons. The molecule has 0 aliphatic rings. The Morgan fingerprint density at radius 3 is 1.02 bits per heavy atom. The highest BCUT2D eigenvalue weighted by atomic mass is 32.2. The lowest BCUT2D eigenvalue weighted by Gasteiger charge is -2.43. The number of rotatable bonds is 10. The van der Waals surface area contributed by atoms with Gasteiger partial charge >= 0.3 is 63.9 Å². The number of hydrogen-bond acceptors (Lipinski definition) is 3. The lowest BCUT2D eigenvalue weighted by atomic mass is 9.88. The van der Waals surface area contributed by atoms with Crippen molar-refractivity contribution in [3.63, 3.8) is 0 Å². The summed E-state index contributed by atoms with van der Waals surface area (Å²) < 4.78 is 338. The minimum atomic E-state index is -9.36. The minimum absolute atomic E-state index is 2.11. The van der Waals surface area contributed by atoms with Crippen molar-refractivity contribution in [2.75, 3.05) is 0 Å². The Morgan fingerprint density at radius 2 is 0.721 bits per heavy atom. The summed E-state index contributed by atoms with van der Waals surface area (Å²) >= 11 is 0. The molecule has 43 heavy (non-hydrogen) atoms. The number of hydrogen-bond donors (Lipinski definition) is 1. The fourth-order valence-corrected chi connectivity index (χ4v) is 3.13. The summed E-state index contributed by atoms with van der Waals surface area (Å²) in [6.45, 7) is 0. The summed E-state index contributed by atoms with van der Waals surface area (Å²) in [5.41, 5.74) is 0. The molecule has 4 nitrogen and oxygen atoms in total. The summed E-state index contributed by atoms with van der Waals surface area (Å²) in [6.07, 6.45) is -16.3. The van der Waals surface area contributed by atoms with Crippen LogP contribution in [0.5, 0.6) is 5.75 Å². The van der Waals surface area contributed by atoms with Crippen molar-refractivity contribution in [3.05, 3.63) is 23.3 Å². The topological polar surface area (TPSA) is 63.6 Å². The van der Waals surface area contributed by atoms with Gasteiger partial charge in [0.15, 0.2) is 22.3 Å². The van der Waals surface area contributed by atoms with Crippen LogP contribution in [-0.4, -0.2) is 66.7 Å². The fourth-order valence-electron chi connectivity index (χ4n) is 2.45. The summed E-state index contributed by atoms with van der Waals surface area (Å²) in [5, 5.41) is 0. The van der Waals surface area contributed by atoms with Gasteiger partial charge in [0.2, 0.25) is 11.6 Å². The summed E-state index contributed by atoms with van der Waals surface area (Å²) in [4.78, 5) is -3.58. The van der Waals surface area contributed by atoms with Crippen LogP contribution in [0.3, 0.4) is 0 Å². The molecule has 0 heterocycles. The van der Waals surface area contributed by atoms with Crippen LogP contribution in [0.1, 0.15) is 0 Å². The van der Waals surface area contributed by atoms with E-state index in [1.165, 1.54) is 0 Å². The molecule has 0 atom stereocenters. The van der Waals surface area contributed by atoms with Crippen molar-refractivity contribution < 1.29 is 119 Å². The van der Waals surface area contributed by atoms with E-state index in [0.717, 1.165) is 0 Å². The van der Waals surface area contributed by atoms with Crippen molar-refractivity contribution in [1.82, 2.24) is 0 Å². The summed E-state index contributed by atoms with van der Waals surface area (Å²) in [7, 11) is -6.92. The Balaban J connectivity index is 3.95. The second-order valence-electron chi connectivity index (χ2n) is 7.53. The fraction of sp³-hybridized carbons (Fsp3) is 0.600. The number of halogens is 23. The normalized spacial score (nSPS) is 15.6. The van der Waals surface area contributed by atoms with Gasteiger partial charge in [-0.15, -0.1) is 0 Å². The molecule has 0 radical (unpaired) electrons. The molecule has 0 unspecified atom stereocenters. The molecule has 0 bridgehead atoms. The molecule has 1 aromatic rings. The van der Waals surface area contributed by atoms with E-state index in [1.54, 1.807) is 0 Å². The average Bonchev–Trinajstić information content (AvgIpc) is 2.78. The first-order chi connectivity index (χ1) is 18.4. The van der Waals surface area contributed by atoms with Crippen LogP contribution >= 0.6 is 0 Å². The zero-order chi connectivity index (χ0) is 35.2. The van der Waals surface area contributed by atoms with Crippen LogP contribution in [0.15, 0.2) is 4.90 Å².